The standard InChI is InChI=1S/C7H2F12/c8-1(2(9)7(17,18)19)5(13,14)6(15,16)3(10)4(11)12/h3-4H. The van der Waals surface area contributed by atoms with Gasteiger partial charge in [0.05, 0.1) is 0 Å². The van der Waals surface area contributed by atoms with Crippen molar-refractivity contribution < 1.29 is 52.7 Å². The van der Waals surface area contributed by atoms with Crippen LogP contribution in [0.1, 0.15) is 0 Å². The van der Waals surface area contributed by atoms with Crippen molar-refractivity contribution in [3.05, 3.63) is 11.7 Å². The van der Waals surface area contributed by atoms with Crippen LogP contribution in [0, 0.1) is 0 Å². The van der Waals surface area contributed by atoms with E-state index in [1.165, 1.54) is 0 Å². The van der Waals surface area contributed by atoms with Crippen molar-refractivity contribution in [2.45, 2.75) is 30.6 Å². The molecule has 0 radical (unpaired) electrons. The molecule has 0 aromatic rings. The summed E-state index contributed by atoms with van der Waals surface area (Å²) in [4.78, 5) is 0. The van der Waals surface area contributed by atoms with Gasteiger partial charge < -0.3 is 0 Å². The lowest BCUT2D eigenvalue weighted by molar-refractivity contribution is -0.249. The Balaban J connectivity index is 5.74. The minimum atomic E-state index is -6.73. The molecule has 0 amide bonds. The number of rotatable bonds is 4. The first-order valence-electron chi connectivity index (χ1n) is 3.98. The van der Waals surface area contributed by atoms with Crippen molar-refractivity contribution in [3.63, 3.8) is 0 Å². The minimum Gasteiger partial charge on any atom is -0.234 e. The first-order chi connectivity index (χ1) is 8.17. The van der Waals surface area contributed by atoms with Gasteiger partial charge in [-0.05, 0) is 0 Å². The summed E-state index contributed by atoms with van der Waals surface area (Å²) >= 11 is 0. The minimum absolute atomic E-state index is 4.27. The molecular formula is C7H2F12. The van der Waals surface area contributed by atoms with Gasteiger partial charge in [-0.15, -0.1) is 0 Å². The molecule has 0 aliphatic rings. The normalized spacial score (nSPS) is 17.5. The Labute approximate surface area is 96.2 Å². The summed E-state index contributed by atoms with van der Waals surface area (Å²) in [5, 5.41) is 0. The third kappa shape index (κ3) is 3.26. The van der Waals surface area contributed by atoms with Crippen molar-refractivity contribution in [2.75, 3.05) is 0 Å². The van der Waals surface area contributed by atoms with E-state index in [0.29, 0.717) is 0 Å². The average Bonchev–Trinajstić information content (AvgIpc) is 2.23. The summed E-state index contributed by atoms with van der Waals surface area (Å²) in [5.74, 6) is -22.0. The molecule has 0 saturated heterocycles. The second kappa shape index (κ2) is 5.12. The highest BCUT2D eigenvalue weighted by atomic mass is 19.4. The van der Waals surface area contributed by atoms with Gasteiger partial charge in [0.2, 0.25) is 17.8 Å². The molecule has 0 saturated carbocycles. The third-order valence-electron chi connectivity index (χ3n) is 1.70. The topological polar surface area (TPSA) is 0 Å². The van der Waals surface area contributed by atoms with E-state index in [0.717, 1.165) is 0 Å². The number of allylic oxidation sites excluding steroid dienone is 2. The summed E-state index contributed by atoms with van der Waals surface area (Å²) in [6.07, 6.45) is -16.1. The van der Waals surface area contributed by atoms with Gasteiger partial charge in [-0.25, -0.2) is 17.6 Å². The van der Waals surface area contributed by atoms with E-state index in [1.807, 2.05) is 0 Å². The van der Waals surface area contributed by atoms with Crippen molar-refractivity contribution in [2.24, 2.45) is 0 Å². The molecule has 0 fully saturated rings. The second-order valence-corrected chi connectivity index (χ2v) is 3.06. The van der Waals surface area contributed by atoms with Crippen LogP contribution in [0.15, 0.2) is 11.7 Å². The van der Waals surface area contributed by atoms with Crippen LogP contribution >= 0.6 is 0 Å². The average molecular weight is 314 g/mol. The molecule has 0 bridgehead atoms. The molecule has 19 heavy (non-hydrogen) atoms. The number of hydrogen-bond donors (Lipinski definition) is 0. The monoisotopic (exact) mass is 314 g/mol. The van der Waals surface area contributed by atoms with Gasteiger partial charge in [0.15, 0.2) is 0 Å². The Kier molecular flexibility index (Phi) is 4.82. The highest BCUT2D eigenvalue weighted by molar-refractivity contribution is 5.18. The lowest BCUT2D eigenvalue weighted by Gasteiger charge is -2.27. The predicted molar refractivity (Wildman–Crippen MR) is 36.1 cm³/mol. The Hall–Kier alpha value is -1.10. The molecular weight excluding hydrogens is 312 g/mol. The summed E-state index contributed by atoms with van der Waals surface area (Å²) in [7, 11) is 0. The molecule has 0 aromatic heterocycles. The molecule has 1 atom stereocenters. The van der Waals surface area contributed by atoms with E-state index in [2.05, 4.69) is 0 Å². The molecule has 0 aliphatic carbocycles. The van der Waals surface area contributed by atoms with Crippen LogP contribution in [0.5, 0.6) is 0 Å². The Morgan fingerprint density at radius 1 is 0.684 bits per heavy atom. The van der Waals surface area contributed by atoms with Crippen molar-refractivity contribution in [1.82, 2.24) is 0 Å². The lowest BCUT2D eigenvalue weighted by Crippen LogP contribution is -2.51. The van der Waals surface area contributed by atoms with Crippen LogP contribution in [0.25, 0.3) is 0 Å². The van der Waals surface area contributed by atoms with Crippen molar-refractivity contribution in [1.29, 1.82) is 0 Å². The van der Waals surface area contributed by atoms with Gasteiger partial charge in [-0.2, -0.15) is 35.1 Å². The third-order valence-corrected chi connectivity index (χ3v) is 1.70. The van der Waals surface area contributed by atoms with Crippen LogP contribution in [-0.4, -0.2) is 30.6 Å². The van der Waals surface area contributed by atoms with Crippen LogP contribution in [-0.2, 0) is 0 Å². The lowest BCUT2D eigenvalue weighted by atomic mass is 10.0. The van der Waals surface area contributed by atoms with E-state index in [4.69, 9.17) is 0 Å². The van der Waals surface area contributed by atoms with Gasteiger partial charge in [-0.3, -0.25) is 0 Å². The summed E-state index contributed by atoms with van der Waals surface area (Å²) in [5.41, 5.74) is 0. The molecule has 114 valence electrons. The first-order valence-corrected chi connectivity index (χ1v) is 3.98. The van der Waals surface area contributed by atoms with Crippen LogP contribution in [0.3, 0.4) is 0 Å². The largest absolute Gasteiger partial charge is 0.445 e. The van der Waals surface area contributed by atoms with Crippen LogP contribution < -0.4 is 0 Å². The van der Waals surface area contributed by atoms with Gasteiger partial charge in [-0.1, -0.05) is 0 Å². The molecule has 12 heteroatoms. The fraction of sp³-hybridized carbons (Fsp3) is 0.714. The highest BCUT2D eigenvalue weighted by Gasteiger charge is 2.69. The van der Waals surface area contributed by atoms with Crippen LogP contribution in [0.4, 0.5) is 52.7 Å². The molecule has 0 N–H and O–H groups in total. The fourth-order valence-corrected chi connectivity index (χ4v) is 0.740. The molecule has 0 nitrogen and oxygen atoms in total. The molecule has 0 aromatic carbocycles. The highest BCUT2D eigenvalue weighted by Crippen LogP contribution is 2.48. The van der Waals surface area contributed by atoms with E-state index < -0.39 is 42.3 Å². The Bertz CT molecular complexity index is 350. The quantitative estimate of drug-likeness (QED) is 0.667. The smallest absolute Gasteiger partial charge is 0.234 e. The maximum absolute atomic E-state index is 12.5. The summed E-state index contributed by atoms with van der Waals surface area (Å²) < 4.78 is 144. The second-order valence-electron chi connectivity index (χ2n) is 3.06. The Morgan fingerprint density at radius 3 is 1.32 bits per heavy atom. The molecule has 0 heterocycles. The first kappa shape index (κ1) is 17.9. The van der Waals surface area contributed by atoms with Gasteiger partial charge >= 0.3 is 18.0 Å². The van der Waals surface area contributed by atoms with E-state index in [1.54, 1.807) is 0 Å². The number of hydrogen-bond acceptors (Lipinski definition) is 0. The van der Waals surface area contributed by atoms with Crippen molar-refractivity contribution >= 4 is 0 Å². The zero-order valence-corrected chi connectivity index (χ0v) is 8.19. The maximum Gasteiger partial charge on any atom is 0.445 e. The fourth-order valence-electron chi connectivity index (χ4n) is 0.740. The number of halogens is 12. The molecule has 1 unspecified atom stereocenters. The Morgan fingerprint density at radius 2 is 1.05 bits per heavy atom. The molecule has 0 rings (SSSR count). The SMILES string of the molecule is FC(=C(F)C(F)(F)C(F)(F)C(F)C(F)F)C(F)(F)F. The van der Waals surface area contributed by atoms with Gasteiger partial charge in [0, 0.05) is 0 Å². The molecule has 0 aliphatic heterocycles. The van der Waals surface area contributed by atoms with Gasteiger partial charge in [0.1, 0.15) is 0 Å². The molecule has 0 spiro atoms. The van der Waals surface area contributed by atoms with E-state index in [9.17, 15) is 52.7 Å². The zero-order chi connectivity index (χ0) is 15.8. The summed E-state index contributed by atoms with van der Waals surface area (Å²) in [6.45, 7) is 0. The zero-order valence-electron chi connectivity index (χ0n) is 8.19. The van der Waals surface area contributed by atoms with Crippen LogP contribution in [0.2, 0.25) is 0 Å². The van der Waals surface area contributed by atoms with Gasteiger partial charge in [0.25, 0.3) is 6.43 Å². The number of alkyl halides is 10. The van der Waals surface area contributed by atoms with E-state index in [-0.39, 0.29) is 0 Å². The maximum atomic E-state index is 12.5. The summed E-state index contributed by atoms with van der Waals surface area (Å²) in [6, 6.07) is 0. The predicted octanol–water partition coefficient (Wildman–Crippen LogP) is 4.57. The van der Waals surface area contributed by atoms with E-state index >= 15 is 0 Å². The van der Waals surface area contributed by atoms with Crippen molar-refractivity contribution in [3.8, 4) is 0 Å².